The predicted molar refractivity (Wildman–Crippen MR) is 108 cm³/mol. The van der Waals surface area contributed by atoms with E-state index in [2.05, 4.69) is 15.6 Å². The molecule has 3 heterocycles. The Morgan fingerprint density at radius 1 is 1.32 bits per heavy atom. The fourth-order valence-corrected chi connectivity index (χ4v) is 5.05. The summed E-state index contributed by atoms with van der Waals surface area (Å²) in [6.07, 6.45) is 1.95. The van der Waals surface area contributed by atoms with Crippen LogP contribution in [-0.2, 0) is 16.1 Å². The Morgan fingerprint density at radius 2 is 2.04 bits per heavy atom. The molecule has 0 bridgehead atoms. The van der Waals surface area contributed by atoms with Gasteiger partial charge in [-0.2, -0.15) is 0 Å². The molecule has 8 heteroatoms. The molecule has 3 aliphatic rings. The molecule has 1 saturated heterocycles. The number of hydrogen-bond donors (Lipinski definition) is 2. The number of rotatable bonds is 3. The number of pyridine rings is 1. The predicted octanol–water partition coefficient (Wildman–Crippen LogP) is 2.86. The fraction of sp³-hybridized carbons (Fsp3) is 0.650. The normalized spacial score (nSPS) is 26.6. The lowest BCUT2D eigenvalue weighted by Crippen LogP contribution is -2.37. The minimum Gasteiger partial charge on any atom is -0.444 e. The monoisotopic (exact) mass is 404 g/mol. The zero-order chi connectivity index (χ0) is 19.9. The van der Waals surface area contributed by atoms with Crippen LogP contribution in [0.4, 0.5) is 10.6 Å². The van der Waals surface area contributed by atoms with Crippen LogP contribution in [0, 0.1) is 11.8 Å². The van der Waals surface area contributed by atoms with Crippen molar-refractivity contribution in [1.82, 2.24) is 15.2 Å². The molecule has 1 aromatic rings. The smallest absolute Gasteiger partial charge is 0.410 e. The van der Waals surface area contributed by atoms with Gasteiger partial charge in [0.15, 0.2) is 0 Å². The number of fused-ring (bicyclic) bond motifs is 2. The van der Waals surface area contributed by atoms with Gasteiger partial charge >= 0.3 is 6.09 Å². The van der Waals surface area contributed by atoms with Crippen molar-refractivity contribution in [2.45, 2.75) is 56.7 Å². The second kappa shape index (κ2) is 7.55. The molecule has 0 aromatic carbocycles. The van der Waals surface area contributed by atoms with E-state index in [4.69, 9.17) is 4.74 Å². The molecule has 28 heavy (non-hydrogen) atoms. The number of nitrogens with zero attached hydrogens (tertiary/aromatic N) is 2. The number of thioether (sulfide) groups is 1. The summed E-state index contributed by atoms with van der Waals surface area (Å²) >= 11 is 1.53. The van der Waals surface area contributed by atoms with Gasteiger partial charge in [0.25, 0.3) is 0 Å². The van der Waals surface area contributed by atoms with Crippen molar-refractivity contribution in [3.05, 3.63) is 17.8 Å². The molecule has 0 radical (unpaired) electrons. The Hall–Kier alpha value is -1.80. The number of ether oxygens (including phenoxy) is 1. The fourth-order valence-electron chi connectivity index (χ4n) is 4.29. The molecule has 7 nitrogen and oxygen atoms in total. The van der Waals surface area contributed by atoms with Crippen LogP contribution in [0.1, 0.15) is 39.3 Å². The largest absolute Gasteiger partial charge is 0.444 e. The SMILES string of the molecule is CC(C)(C)OC(=O)N1C[C@H]2C[C@@H](NCc3ccc4c(n3)NC(=O)CS4)C[C@H]2C1. The number of carbonyl (C=O) groups excluding carboxylic acids is 2. The number of likely N-dealkylation sites (tertiary alicyclic amines) is 1. The molecule has 152 valence electrons. The lowest BCUT2D eigenvalue weighted by molar-refractivity contribution is -0.113. The third-order valence-corrected chi connectivity index (χ3v) is 6.55. The van der Waals surface area contributed by atoms with Crippen LogP contribution in [0.3, 0.4) is 0 Å². The Balaban J connectivity index is 1.27. The quantitative estimate of drug-likeness (QED) is 0.806. The van der Waals surface area contributed by atoms with Crippen molar-refractivity contribution < 1.29 is 14.3 Å². The van der Waals surface area contributed by atoms with E-state index in [1.807, 2.05) is 37.8 Å². The molecule has 2 fully saturated rings. The lowest BCUT2D eigenvalue weighted by atomic mass is 10.0. The molecule has 1 aliphatic carbocycles. The molecule has 4 rings (SSSR count). The zero-order valence-corrected chi connectivity index (χ0v) is 17.5. The summed E-state index contributed by atoms with van der Waals surface area (Å²) in [4.78, 5) is 31.3. The molecule has 2 N–H and O–H groups in total. The first-order valence-corrected chi connectivity index (χ1v) is 10.9. The third-order valence-electron chi connectivity index (χ3n) is 5.51. The summed E-state index contributed by atoms with van der Waals surface area (Å²) in [6.45, 7) is 7.98. The van der Waals surface area contributed by atoms with Crippen LogP contribution in [0.25, 0.3) is 0 Å². The summed E-state index contributed by atoms with van der Waals surface area (Å²) in [5, 5.41) is 6.45. The van der Waals surface area contributed by atoms with Crippen molar-refractivity contribution >= 4 is 29.6 Å². The zero-order valence-electron chi connectivity index (χ0n) is 16.7. The van der Waals surface area contributed by atoms with Gasteiger partial charge in [-0.05, 0) is 57.6 Å². The van der Waals surface area contributed by atoms with E-state index in [0.717, 1.165) is 36.5 Å². The molecular weight excluding hydrogens is 376 g/mol. The number of aromatic nitrogens is 1. The van der Waals surface area contributed by atoms with E-state index >= 15 is 0 Å². The molecule has 0 unspecified atom stereocenters. The third kappa shape index (κ3) is 4.43. The molecular formula is C20H28N4O3S. The highest BCUT2D eigenvalue weighted by atomic mass is 32.2. The lowest BCUT2D eigenvalue weighted by Gasteiger charge is -2.25. The van der Waals surface area contributed by atoms with Gasteiger partial charge < -0.3 is 20.3 Å². The first kappa shape index (κ1) is 19.5. The molecule has 1 saturated carbocycles. The molecule has 3 atom stereocenters. The first-order chi connectivity index (χ1) is 13.3. The van der Waals surface area contributed by atoms with Crippen LogP contribution >= 0.6 is 11.8 Å². The van der Waals surface area contributed by atoms with Crippen molar-refractivity contribution in [2.24, 2.45) is 11.8 Å². The van der Waals surface area contributed by atoms with Gasteiger partial charge in [0.05, 0.1) is 16.3 Å². The Kier molecular flexibility index (Phi) is 5.26. The van der Waals surface area contributed by atoms with E-state index in [9.17, 15) is 9.59 Å². The second-order valence-corrected chi connectivity index (χ2v) is 9.96. The van der Waals surface area contributed by atoms with Gasteiger partial charge in [0, 0.05) is 25.7 Å². The van der Waals surface area contributed by atoms with Crippen LogP contribution < -0.4 is 10.6 Å². The number of carbonyl (C=O) groups is 2. The van der Waals surface area contributed by atoms with Crippen LogP contribution in [-0.4, -0.2) is 52.4 Å². The summed E-state index contributed by atoms with van der Waals surface area (Å²) in [5.41, 5.74) is 0.493. The Morgan fingerprint density at radius 3 is 2.71 bits per heavy atom. The van der Waals surface area contributed by atoms with Crippen LogP contribution in [0.2, 0.25) is 0 Å². The number of anilines is 1. The summed E-state index contributed by atoms with van der Waals surface area (Å²) in [6, 6.07) is 4.50. The van der Waals surface area contributed by atoms with Crippen molar-refractivity contribution in [1.29, 1.82) is 0 Å². The number of hydrogen-bond acceptors (Lipinski definition) is 6. The maximum atomic E-state index is 12.3. The second-order valence-electron chi connectivity index (χ2n) is 8.94. The average Bonchev–Trinajstić information content (AvgIpc) is 3.16. The number of amides is 2. The van der Waals surface area contributed by atoms with E-state index in [1.165, 1.54) is 11.8 Å². The van der Waals surface area contributed by atoms with E-state index in [-0.39, 0.29) is 12.0 Å². The van der Waals surface area contributed by atoms with Crippen molar-refractivity contribution in [2.75, 3.05) is 24.2 Å². The minimum absolute atomic E-state index is 0.00766. The molecule has 2 aliphatic heterocycles. The van der Waals surface area contributed by atoms with Gasteiger partial charge in [0.1, 0.15) is 11.4 Å². The average molecular weight is 405 g/mol. The van der Waals surface area contributed by atoms with Crippen LogP contribution in [0.5, 0.6) is 0 Å². The maximum absolute atomic E-state index is 12.3. The Labute approximate surface area is 170 Å². The van der Waals surface area contributed by atoms with Gasteiger partial charge in [-0.15, -0.1) is 11.8 Å². The highest BCUT2D eigenvalue weighted by molar-refractivity contribution is 8.00. The standard InChI is InChI=1S/C20H28N4O3S/c1-20(2,3)27-19(26)24-9-12-6-15(7-13(12)10-24)21-8-14-4-5-16-18(22-14)23-17(25)11-28-16/h4-5,12-13,15,21H,6-11H2,1-3H3,(H,22,23,25)/t12-,13+,15-. The van der Waals surface area contributed by atoms with Gasteiger partial charge in [-0.25, -0.2) is 9.78 Å². The highest BCUT2D eigenvalue weighted by Crippen LogP contribution is 2.38. The number of nitrogens with one attached hydrogen (secondary N) is 2. The summed E-state index contributed by atoms with van der Waals surface area (Å²) in [5.74, 6) is 2.22. The molecule has 0 spiro atoms. The first-order valence-electron chi connectivity index (χ1n) is 9.91. The van der Waals surface area contributed by atoms with E-state index in [0.29, 0.717) is 36.0 Å². The van der Waals surface area contributed by atoms with E-state index in [1.54, 1.807) is 0 Å². The molecule has 2 amide bonds. The maximum Gasteiger partial charge on any atom is 0.410 e. The summed E-state index contributed by atoms with van der Waals surface area (Å²) < 4.78 is 5.50. The van der Waals surface area contributed by atoms with E-state index < -0.39 is 5.60 Å². The van der Waals surface area contributed by atoms with Gasteiger partial charge in [-0.1, -0.05) is 0 Å². The summed E-state index contributed by atoms with van der Waals surface area (Å²) in [7, 11) is 0. The van der Waals surface area contributed by atoms with Gasteiger partial charge in [0.2, 0.25) is 5.91 Å². The van der Waals surface area contributed by atoms with Crippen molar-refractivity contribution in [3.8, 4) is 0 Å². The topological polar surface area (TPSA) is 83.6 Å². The van der Waals surface area contributed by atoms with Crippen LogP contribution in [0.15, 0.2) is 17.0 Å². The Bertz CT molecular complexity index is 765. The highest BCUT2D eigenvalue weighted by Gasteiger charge is 2.43. The van der Waals surface area contributed by atoms with Gasteiger partial charge in [-0.3, -0.25) is 4.79 Å². The molecule has 1 aromatic heterocycles. The minimum atomic E-state index is -0.446. The van der Waals surface area contributed by atoms with Crippen molar-refractivity contribution in [3.63, 3.8) is 0 Å².